The van der Waals surface area contributed by atoms with Gasteiger partial charge < -0.3 is 5.32 Å². The quantitative estimate of drug-likeness (QED) is 0.704. The van der Waals surface area contributed by atoms with Gasteiger partial charge in [-0.3, -0.25) is 4.74 Å². The monoisotopic (exact) mass is 205 g/mol. The lowest BCUT2D eigenvalue weighted by atomic mass is 10.2. The SMILES string of the molecule is C[C@H]1C[C@H](OC(F)(F)F)CN1.Cl. The van der Waals surface area contributed by atoms with Crippen LogP contribution in [0.25, 0.3) is 0 Å². The number of hydrogen-bond donors (Lipinski definition) is 1. The molecule has 12 heavy (non-hydrogen) atoms. The van der Waals surface area contributed by atoms with Gasteiger partial charge in [0.15, 0.2) is 0 Å². The van der Waals surface area contributed by atoms with Gasteiger partial charge in [0.2, 0.25) is 0 Å². The highest BCUT2D eigenvalue weighted by atomic mass is 35.5. The second kappa shape index (κ2) is 4.30. The Labute approximate surface area is 74.9 Å². The van der Waals surface area contributed by atoms with Crippen molar-refractivity contribution in [2.24, 2.45) is 0 Å². The summed E-state index contributed by atoms with van der Waals surface area (Å²) in [6.45, 7) is 2.13. The fourth-order valence-corrected chi connectivity index (χ4v) is 1.17. The fraction of sp³-hybridized carbons (Fsp3) is 1.00. The Kier molecular flexibility index (Phi) is 4.30. The van der Waals surface area contributed by atoms with E-state index in [2.05, 4.69) is 10.1 Å². The van der Waals surface area contributed by atoms with Crippen molar-refractivity contribution < 1.29 is 17.9 Å². The standard InChI is InChI=1S/C6H10F3NO.ClH/c1-4-2-5(3-10-4)11-6(7,8)9;/h4-5,10H,2-3H2,1H3;1H/t4-,5-;/m0./s1. The van der Waals surface area contributed by atoms with Gasteiger partial charge in [0.05, 0.1) is 6.10 Å². The zero-order valence-corrected chi connectivity index (χ0v) is 7.34. The average molecular weight is 206 g/mol. The molecule has 1 saturated heterocycles. The van der Waals surface area contributed by atoms with Gasteiger partial charge in [0.1, 0.15) is 0 Å². The molecule has 0 bridgehead atoms. The summed E-state index contributed by atoms with van der Waals surface area (Å²) in [7, 11) is 0. The third-order valence-corrected chi connectivity index (χ3v) is 1.61. The van der Waals surface area contributed by atoms with Crippen molar-refractivity contribution in [3.05, 3.63) is 0 Å². The van der Waals surface area contributed by atoms with Gasteiger partial charge in [-0.2, -0.15) is 0 Å². The number of hydrogen-bond acceptors (Lipinski definition) is 2. The van der Waals surface area contributed by atoms with E-state index in [1.54, 1.807) is 0 Å². The van der Waals surface area contributed by atoms with Gasteiger partial charge >= 0.3 is 6.36 Å². The van der Waals surface area contributed by atoms with Crippen LogP contribution in [0.5, 0.6) is 0 Å². The molecule has 1 N–H and O–H groups in total. The molecule has 0 aliphatic carbocycles. The summed E-state index contributed by atoms with van der Waals surface area (Å²) < 4.78 is 38.6. The number of rotatable bonds is 1. The first-order chi connectivity index (χ1) is 4.97. The van der Waals surface area contributed by atoms with Crippen molar-refractivity contribution in [2.75, 3.05) is 6.54 Å². The lowest BCUT2D eigenvalue weighted by Crippen LogP contribution is -2.25. The van der Waals surface area contributed by atoms with E-state index < -0.39 is 12.5 Å². The molecule has 0 saturated carbocycles. The molecule has 0 unspecified atom stereocenters. The Bertz CT molecular complexity index is 141. The molecule has 6 heteroatoms. The van der Waals surface area contributed by atoms with Gasteiger partial charge in [-0.15, -0.1) is 25.6 Å². The van der Waals surface area contributed by atoms with Crippen LogP contribution in [0.3, 0.4) is 0 Å². The van der Waals surface area contributed by atoms with Gasteiger partial charge in [0, 0.05) is 12.6 Å². The predicted octanol–water partition coefficient (Wildman–Crippen LogP) is 1.69. The molecule has 0 radical (unpaired) electrons. The third kappa shape index (κ3) is 4.13. The van der Waals surface area contributed by atoms with Gasteiger partial charge in [0.25, 0.3) is 0 Å². The minimum absolute atomic E-state index is 0. The van der Waals surface area contributed by atoms with E-state index in [1.165, 1.54) is 0 Å². The van der Waals surface area contributed by atoms with Crippen molar-refractivity contribution >= 4 is 12.4 Å². The van der Waals surface area contributed by atoms with Gasteiger partial charge in [-0.05, 0) is 13.3 Å². The van der Waals surface area contributed by atoms with Crippen molar-refractivity contribution in [3.8, 4) is 0 Å². The van der Waals surface area contributed by atoms with Crippen LogP contribution in [0.4, 0.5) is 13.2 Å². The smallest absolute Gasteiger partial charge is 0.312 e. The first-order valence-electron chi connectivity index (χ1n) is 3.45. The molecule has 2 nitrogen and oxygen atoms in total. The number of nitrogens with one attached hydrogen (secondary N) is 1. The Morgan fingerprint density at radius 2 is 2.00 bits per heavy atom. The van der Waals surface area contributed by atoms with Gasteiger partial charge in [-0.25, -0.2) is 0 Å². The minimum atomic E-state index is -4.49. The lowest BCUT2D eigenvalue weighted by molar-refractivity contribution is -0.340. The Morgan fingerprint density at radius 3 is 2.33 bits per heavy atom. The molecular weight excluding hydrogens is 195 g/mol. The molecule has 2 atom stereocenters. The summed E-state index contributed by atoms with van der Waals surface area (Å²) in [6.07, 6.45) is -4.76. The highest BCUT2D eigenvalue weighted by Gasteiger charge is 2.35. The summed E-state index contributed by atoms with van der Waals surface area (Å²) >= 11 is 0. The zero-order chi connectivity index (χ0) is 8.48. The molecule has 1 heterocycles. The van der Waals surface area contributed by atoms with Gasteiger partial charge in [-0.1, -0.05) is 0 Å². The largest absolute Gasteiger partial charge is 0.522 e. The van der Waals surface area contributed by atoms with Crippen LogP contribution >= 0.6 is 12.4 Å². The molecule has 0 amide bonds. The fourth-order valence-electron chi connectivity index (χ4n) is 1.17. The molecule has 0 aromatic carbocycles. The van der Waals surface area contributed by atoms with E-state index in [0.717, 1.165) is 0 Å². The topological polar surface area (TPSA) is 21.3 Å². The summed E-state index contributed by atoms with van der Waals surface area (Å²) in [4.78, 5) is 0. The first-order valence-corrected chi connectivity index (χ1v) is 3.45. The van der Waals surface area contributed by atoms with Crippen molar-refractivity contribution in [3.63, 3.8) is 0 Å². The van der Waals surface area contributed by atoms with Crippen LogP contribution in [0.1, 0.15) is 13.3 Å². The van der Waals surface area contributed by atoms with E-state index in [9.17, 15) is 13.2 Å². The van der Waals surface area contributed by atoms with Crippen LogP contribution in [-0.2, 0) is 4.74 Å². The van der Waals surface area contributed by atoms with E-state index in [-0.39, 0.29) is 18.4 Å². The highest BCUT2D eigenvalue weighted by Crippen LogP contribution is 2.22. The summed E-state index contributed by atoms with van der Waals surface area (Å²) in [5.74, 6) is 0. The third-order valence-electron chi connectivity index (χ3n) is 1.61. The molecule has 0 aromatic heterocycles. The van der Waals surface area contributed by atoms with Crippen LogP contribution in [0, 0.1) is 0 Å². The maximum atomic E-state index is 11.6. The van der Waals surface area contributed by atoms with E-state index in [1.807, 2.05) is 6.92 Å². The first kappa shape index (κ1) is 12.0. The highest BCUT2D eigenvalue weighted by molar-refractivity contribution is 5.85. The zero-order valence-electron chi connectivity index (χ0n) is 6.52. The predicted molar refractivity (Wildman–Crippen MR) is 40.3 cm³/mol. The Hall–Kier alpha value is 0. The Morgan fingerprint density at radius 1 is 1.42 bits per heavy atom. The minimum Gasteiger partial charge on any atom is -0.312 e. The normalized spacial score (nSPS) is 30.0. The number of ether oxygens (including phenoxy) is 1. The summed E-state index contributed by atoms with van der Waals surface area (Å²) in [5.41, 5.74) is 0. The maximum Gasteiger partial charge on any atom is 0.522 e. The molecule has 1 aliphatic heterocycles. The van der Waals surface area contributed by atoms with E-state index >= 15 is 0 Å². The molecule has 0 spiro atoms. The van der Waals surface area contributed by atoms with E-state index in [4.69, 9.17) is 0 Å². The molecule has 0 aromatic rings. The average Bonchev–Trinajstić information content (AvgIpc) is 2.10. The van der Waals surface area contributed by atoms with E-state index in [0.29, 0.717) is 13.0 Å². The molecule has 1 rings (SSSR count). The number of alkyl halides is 3. The molecule has 74 valence electrons. The van der Waals surface area contributed by atoms with Crippen molar-refractivity contribution in [1.82, 2.24) is 5.32 Å². The van der Waals surface area contributed by atoms with Crippen LogP contribution in [-0.4, -0.2) is 25.1 Å². The van der Waals surface area contributed by atoms with Crippen LogP contribution < -0.4 is 5.32 Å². The molecule has 1 fully saturated rings. The Balaban J connectivity index is 0.00000121. The lowest BCUT2D eigenvalue weighted by Gasteiger charge is -2.12. The van der Waals surface area contributed by atoms with Crippen molar-refractivity contribution in [2.45, 2.75) is 31.9 Å². The number of halogens is 4. The summed E-state index contributed by atoms with van der Waals surface area (Å²) in [5, 5.41) is 2.87. The van der Waals surface area contributed by atoms with Crippen LogP contribution in [0.2, 0.25) is 0 Å². The summed E-state index contributed by atoms with van der Waals surface area (Å²) in [6, 6.07) is 0.127. The molecular formula is C6H11ClF3NO. The second-order valence-corrected chi connectivity index (χ2v) is 2.73. The second-order valence-electron chi connectivity index (χ2n) is 2.73. The molecule has 1 aliphatic rings. The van der Waals surface area contributed by atoms with Crippen molar-refractivity contribution in [1.29, 1.82) is 0 Å². The van der Waals surface area contributed by atoms with Crippen LogP contribution in [0.15, 0.2) is 0 Å². The maximum absolute atomic E-state index is 11.6.